The molecule has 0 aliphatic rings. The average Bonchev–Trinajstić information content (AvgIpc) is 2.16. The molecular formula is C8H11ClN2O3S2. The van der Waals surface area contributed by atoms with Gasteiger partial charge in [-0.2, -0.15) is 0 Å². The fourth-order valence-electron chi connectivity index (χ4n) is 0.955. The van der Waals surface area contributed by atoms with Gasteiger partial charge < -0.3 is 0 Å². The Morgan fingerprint density at radius 2 is 2.25 bits per heavy atom. The molecule has 1 atom stereocenters. The van der Waals surface area contributed by atoms with Gasteiger partial charge in [-0.3, -0.25) is 4.21 Å². The van der Waals surface area contributed by atoms with Crippen molar-refractivity contribution in [3.05, 3.63) is 23.5 Å². The van der Waals surface area contributed by atoms with Gasteiger partial charge >= 0.3 is 0 Å². The van der Waals surface area contributed by atoms with Gasteiger partial charge in [-0.25, -0.2) is 18.1 Å². The van der Waals surface area contributed by atoms with Crippen LogP contribution >= 0.6 is 11.6 Å². The summed E-state index contributed by atoms with van der Waals surface area (Å²) in [6.45, 7) is 0.130. The second-order valence-electron chi connectivity index (χ2n) is 2.99. The third-order valence-electron chi connectivity index (χ3n) is 1.69. The molecule has 90 valence electrons. The molecule has 0 saturated carbocycles. The fourth-order valence-corrected chi connectivity index (χ4v) is 2.76. The van der Waals surface area contributed by atoms with Crippen LogP contribution in [0.1, 0.15) is 0 Å². The number of hydrogen-bond acceptors (Lipinski definition) is 4. The number of sulfonamides is 1. The van der Waals surface area contributed by atoms with Gasteiger partial charge in [0.15, 0.2) is 0 Å². The molecule has 0 spiro atoms. The van der Waals surface area contributed by atoms with Crippen molar-refractivity contribution in [3.63, 3.8) is 0 Å². The van der Waals surface area contributed by atoms with E-state index in [0.29, 0.717) is 0 Å². The maximum absolute atomic E-state index is 11.7. The molecule has 1 aromatic heterocycles. The van der Waals surface area contributed by atoms with Gasteiger partial charge in [0.05, 0.1) is 4.90 Å². The highest BCUT2D eigenvalue weighted by Crippen LogP contribution is 2.12. The zero-order valence-electron chi connectivity index (χ0n) is 8.51. The molecule has 1 aromatic rings. The molecule has 0 aromatic carbocycles. The zero-order chi connectivity index (χ0) is 12.2. The van der Waals surface area contributed by atoms with Crippen molar-refractivity contribution >= 4 is 32.4 Å². The Morgan fingerprint density at radius 1 is 1.56 bits per heavy atom. The second-order valence-corrected chi connectivity index (χ2v) is 6.70. The first-order chi connectivity index (χ1) is 7.42. The summed E-state index contributed by atoms with van der Waals surface area (Å²) in [6, 6.07) is 2.60. The first-order valence-corrected chi connectivity index (χ1v) is 7.92. The highest BCUT2D eigenvalue weighted by molar-refractivity contribution is 7.89. The number of rotatable bonds is 5. The fraction of sp³-hybridized carbons (Fsp3) is 0.375. The summed E-state index contributed by atoms with van der Waals surface area (Å²) < 4.78 is 36.4. The van der Waals surface area contributed by atoms with Crippen molar-refractivity contribution in [1.82, 2.24) is 9.71 Å². The monoisotopic (exact) mass is 282 g/mol. The highest BCUT2D eigenvalue weighted by Gasteiger charge is 2.13. The first-order valence-electron chi connectivity index (χ1n) is 4.33. The zero-order valence-corrected chi connectivity index (χ0v) is 10.9. The van der Waals surface area contributed by atoms with Crippen LogP contribution in [-0.4, -0.2) is 36.2 Å². The lowest BCUT2D eigenvalue weighted by Gasteiger charge is -2.05. The molecule has 0 amide bonds. The standard InChI is InChI=1S/C8H11ClN2O3S2/c1-15(12)5-4-11-16(13,14)7-2-3-10-8(9)6-7/h2-3,6,11H,4-5H2,1H3. The Balaban J connectivity index is 2.74. The largest absolute Gasteiger partial charge is 0.260 e. The molecule has 1 heterocycles. The molecule has 0 aliphatic heterocycles. The van der Waals surface area contributed by atoms with Crippen molar-refractivity contribution in [2.24, 2.45) is 0 Å². The van der Waals surface area contributed by atoms with E-state index in [1.807, 2.05) is 0 Å². The molecule has 16 heavy (non-hydrogen) atoms. The molecule has 0 radical (unpaired) electrons. The Kier molecular flexibility index (Phi) is 4.85. The van der Waals surface area contributed by atoms with Crippen molar-refractivity contribution in [3.8, 4) is 0 Å². The van der Waals surface area contributed by atoms with E-state index in [0.717, 1.165) is 0 Å². The number of pyridine rings is 1. The minimum Gasteiger partial charge on any atom is -0.260 e. The summed E-state index contributed by atoms with van der Waals surface area (Å²) in [4.78, 5) is 3.74. The molecule has 0 saturated heterocycles. The summed E-state index contributed by atoms with van der Waals surface area (Å²) in [5.74, 6) is 0.276. The van der Waals surface area contributed by atoms with Crippen LogP contribution in [0.2, 0.25) is 5.15 Å². The molecule has 1 N–H and O–H groups in total. The van der Waals surface area contributed by atoms with E-state index in [-0.39, 0.29) is 22.3 Å². The van der Waals surface area contributed by atoms with Crippen LogP contribution in [0.15, 0.2) is 23.2 Å². The summed E-state index contributed by atoms with van der Waals surface area (Å²) in [7, 11) is -4.61. The summed E-state index contributed by atoms with van der Waals surface area (Å²) in [6.07, 6.45) is 2.83. The van der Waals surface area contributed by atoms with Crippen LogP contribution in [0.5, 0.6) is 0 Å². The minimum atomic E-state index is -3.59. The maximum atomic E-state index is 11.7. The van der Waals surface area contributed by atoms with E-state index in [2.05, 4.69) is 9.71 Å². The number of nitrogens with zero attached hydrogens (tertiary/aromatic N) is 1. The van der Waals surface area contributed by atoms with Gasteiger partial charge in [0, 0.05) is 35.5 Å². The predicted molar refractivity (Wildman–Crippen MR) is 63.4 cm³/mol. The highest BCUT2D eigenvalue weighted by atomic mass is 35.5. The van der Waals surface area contributed by atoms with Crippen molar-refractivity contribution < 1.29 is 12.6 Å². The van der Waals surface area contributed by atoms with E-state index in [9.17, 15) is 12.6 Å². The Hall–Kier alpha value is -0.500. The lowest BCUT2D eigenvalue weighted by molar-refractivity contribution is 0.584. The average molecular weight is 283 g/mol. The van der Waals surface area contributed by atoms with E-state index in [1.165, 1.54) is 24.6 Å². The van der Waals surface area contributed by atoms with Gasteiger partial charge in [0.1, 0.15) is 5.15 Å². The molecular weight excluding hydrogens is 272 g/mol. The molecule has 0 aliphatic carbocycles. The molecule has 5 nitrogen and oxygen atoms in total. The van der Waals surface area contributed by atoms with E-state index < -0.39 is 20.8 Å². The SMILES string of the molecule is CS(=O)CCNS(=O)(=O)c1ccnc(Cl)c1. The number of nitrogens with one attached hydrogen (secondary N) is 1. The second kappa shape index (κ2) is 5.72. The normalized spacial score (nSPS) is 13.6. The smallest absolute Gasteiger partial charge is 0.240 e. The number of halogens is 1. The topological polar surface area (TPSA) is 76.1 Å². The van der Waals surface area contributed by atoms with E-state index in [1.54, 1.807) is 0 Å². The van der Waals surface area contributed by atoms with Crippen LogP contribution in [0.4, 0.5) is 0 Å². The van der Waals surface area contributed by atoms with Gasteiger partial charge in [0.25, 0.3) is 0 Å². The van der Waals surface area contributed by atoms with Crippen LogP contribution in [0.25, 0.3) is 0 Å². The quantitative estimate of drug-likeness (QED) is 0.793. The molecule has 8 heteroatoms. The predicted octanol–water partition coefficient (Wildman–Crippen LogP) is 0.392. The third-order valence-corrected chi connectivity index (χ3v) is 4.13. The third kappa shape index (κ3) is 4.17. The summed E-state index contributed by atoms with van der Waals surface area (Å²) >= 11 is 5.58. The lowest BCUT2D eigenvalue weighted by atomic mass is 10.5. The Labute approximate surface area is 102 Å². The van der Waals surface area contributed by atoms with Crippen LogP contribution in [-0.2, 0) is 20.8 Å². The Bertz CT molecular complexity index is 490. The van der Waals surface area contributed by atoms with E-state index in [4.69, 9.17) is 11.6 Å². The van der Waals surface area contributed by atoms with Gasteiger partial charge in [-0.1, -0.05) is 11.6 Å². The minimum absolute atomic E-state index is 0.0504. The summed E-state index contributed by atoms with van der Waals surface area (Å²) in [5.41, 5.74) is 0. The van der Waals surface area contributed by atoms with Crippen molar-refractivity contribution in [1.29, 1.82) is 0 Å². The number of aromatic nitrogens is 1. The van der Waals surface area contributed by atoms with Crippen molar-refractivity contribution in [2.45, 2.75) is 4.90 Å². The lowest BCUT2D eigenvalue weighted by Crippen LogP contribution is -2.27. The first kappa shape index (κ1) is 13.6. The Morgan fingerprint density at radius 3 is 2.81 bits per heavy atom. The summed E-state index contributed by atoms with van der Waals surface area (Å²) in [5, 5.41) is 0.113. The maximum Gasteiger partial charge on any atom is 0.240 e. The molecule has 1 unspecified atom stereocenters. The number of hydrogen-bond donors (Lipinski definition) is 1. The van der Waals surface area contributed by atoms with Crippen LogP contribution < -0.4 is 4.72 Å². The van der Waals surface area contributed by atoms with E-state index >= 15 is 0 Å². The molecule has 1 rings (SSSR count). The molecule has 0 bridgehead atoms. The van der Waals surface area contributed by atoms with Gasteiger partial charge in [0.2, 0.25) is 10.0 Å². The van der Waals surface area contributed by atoms with Crippen LogP contribution in [0.3, 0.4) is 0 Å². The molecule has 0 fully saturated rings. The van der Waals surface area contributed by atoms with Crippen LogP contribution in [0, 0.1) is 0 Å². The van der Waals surface area contributed by atoms with Gasteiger partial charge in [-0.05, 0) is 12.1 Å². The van der Waals surface area contributed by atoms with Crippen molar-refractivity contribution in [2.75, 3.05) is 18.6 Å². The van der Waals surface area contributed by atoms with Gasteiger partial charge in [-0.15, -0.1) is 0 Å².